The van der Waals surface area contributed by atoms with Crippen molar-refractivity contribution in [1.82, 2.24) is 10.1 Å². The van der Waals surface area contributed by atoms with Gasteiger partial charge in [-0.05, 0) is 0 Å². The summed E-state index contributed by atoms with van der Waals surface area (Å²) in [4.78, 5) is 12.4. The highest BCUT2D eigenvalue weighted by Crippen LogP contribution is 1.98. The summed E-state index contributed by atoms with van der Waals surface area (Å²) in [5.74, 6) is 0.0995. The summed E-state index contributed by atoms with van der Waals surface area (Å²) in [5.41, 5.74) is 0. The predicted molar refractivity (Wildman–Crippen MR) is 34.5 cm³/mol. The van der Waals surface area contributed by atoms with E-state index in [2.05, 4.69) is 9.68 Å². The van der Waals surface area contributed by atoms with Gasteiger partial charge in [0.05, 0.1) is 6.20 Å². The third-order valence-electron chi connectivity index (χ3n) is 1.05. The maximum Gasteiger partial charge on any atom is 0.291 e. The van der Waals surface area contributed by atoms with Crippen LogP contribution < -0.4 is 0 Å². The molecule has 0 aromatic carbocycles. The van der Waals surface area contributed by atoms with Crippen LogP contribution in [0.3, 0.4) is 0 Å². The van der Waals surface area contributed by atoms with Crippen molar-refractivity contribution in [3.8, 4) is 0 Å². The third kappa shape index (κ3) is 1.15. The van der Waals surface area contributed by atoms with E-state index in [1.54, 1.807) is 14.1 Å². The van der Waals surface area contributed by atoms with Crippen molar-refractivity contribution >= 4 is 5.91 Å². The summed E-state index contributed by atoms with van der Waals surface area (Å²) in [5, 5.41) is 3.40. The summed E-state index contributed by atoms with van der Waals surface area (Å²) < 4.78 is 4.62. The maximum atomic E-state index is 11.0. The minimum atomic E-state index is -0.169. The molecule has 10 heavy (non-hydrogen) atoms. The second-order valence-corrected chi connectivity index (χ2v) is 2.08. The molecule has 0 saturated heterocycles. The topological polar surface area (TPSA) is 46.3 Å². The summed E-state index contributed by atoms with van der Waals surface area (Å²) in [7, 11) is 3.32. The summed E-state index contributed by atoms with van der Waals surface area (Å²) in [6.45, 7) is 0. The molecule has 1 amide bonds. The molecule has 1 aromatic heterocycles. The van der Waals surface area contributed by atoms with E-state index in [1.165, 1.54) is 17.2 Å². The number of hydrogen-bond donors (Lipinski definition) is 0. The van der Waals surface area contributed by atoms with E-state index in [1.807, 2.05) is 0 Å². The normalized spacial score (nSPS) is 9.40. The number of carbonyl (C=O) groups is 1. The number of carbonyl (C=O) groups excluding carboxylic acids is 1. The highest BCUT2D eigenvalue weighted by atomic mass is 16.5. The number of hydrogen-bond acceptors (Lipinski definition) is 3. The Morgan fingerprint density at radius 2 is 2.40 bits per heavy atom. The van der Waals surface area contributed by atoms with Crippen LogP contribution in [0, 0.1) is 0 Å². The Labute approximate surface area is 58.4 Å². The molecule has 0 aliphatic carbocycles. The molecule has 1 rings (SSSR count). The average Bonchev–Trinajstić information content (AvgIpc) is 2.36. The quantitative estimate of drug-likeness (QED) is 0.566. The van der Waals surface area contributed by atoms with Crippen LogP contribution in [0.2, 0.25) is 0 Å². The maximum absolute atomic E-state index is 11.0. The molecule has 0 atom stereocenters. The fraction of sp³-hybridized carbons (Fsp3) is 0.333. The summed E-state index contributed by atoms with van der Waals surface area (Å²) >= 11 is 0. The molecular formula is C6H8N2O2. The van der Waals surface area contributed by atoms with E-state index >= 15 is 0 Å². The predicted octanol–water partition coefficient (Wildman–Crippen LogP) is 0.376. The van der Waals surface area contributed by atoms with Crippen molar-refractivity contribution in [1.29, 1.82) is 0 Å². The molecule has 0 aliphatic rings. The zero-order chi connectivity index (χ0) is 7.56. The molecule has 0 bridgehead atoms. The van der Waals surface area contributed by atoms with Crippen molar-refractivity contribution in [3.63, 3.8) is 0 Å². The second-order valence-electron chi connectivity index (χ2n) is 2.08. The van der Waals surface area contributed by atoms with E-state index < -0.39 is 0 Å². The van der Waals surface area contributed by atoms with Crippen LogP contribution in [-0.2, 0) is 0 Å². The van der Waals surface area contributed by atoms with Crippen molar-refractivity contribution in [2.45, 2.75) is 0 Å². The van der Waals surface area contributed by atoms with Gasteiger partial charge in [0, 0.05) is 20.2 Å². The first-order valence-electron chi connectivity index (χ1n) is 2.84. The first-order valence-corrected chi connectivity index (χ1v) is 2.84. The van der Waals surface area contributed by atoms with Crippen molar-refractivity contribution in [2.75, 3.05) is 14.1 Å². The zero-order valence-electron chi connectivity index (χ0n) is 5.87. The van der Waals surface area contributed by atoms with Gasteiger partial charge in [0.1, 0.15) is 0 Å². The van der Waals surface area contributed by atoms with Gasteiger partial charge in [-0.3, -0.25) is 4.79 Å². The van der Waals surface area contributed by atoms with Gasteiger partial charge in [-0.2, -0.15) is 0 Å². The molecule has 0 fully saturated rings. The van der Waals surface area contributed by atoms with Crippen LogP contribution in [0.25, 0.3) is 0 Å². The van der Waals surface area contributed by atoms with Crippen LogP contribution in [0.15, 0.2) is 16.8 Å². The molecule has 4 nitrogen and oxygen atoms in total. The van der Waals surface area contributed by atoms with Crippen molar-refractivity contribution < 1.29 is 9.32 Å². The summed E-state index contributed by atoms with van der Waals surface area (Å²) in [6, 6.07) is 1.53. The number of nitrogens with zero attached hydrogens (tertiary/aromatic N) is 2. The van der Waals surface area contributed by atoms with Gasteiger partial charge in [-0.15, -0.1) is 0 Å². The van der Waals surface area contributed by atoms with Gasteiger partial charge >= 0.3 is 0 Å². The molecular weight excluding hydrogens is 132 g/mol. The first-order chi connectivity index (χ1) is 4.72. The minimum Gasteiger partial charge on any atom is -0.351 e. The van der Waals surface area contributed by atoms with E-state index in [4.69, 9.17) is 0 Å². The summed E-state index contributed by atoms with van der Waals surface area (Å²) in [6.07, 6.45) is 1.44. The van der Waals surface area contributed by atoms with Crippen LogP contribution in [0.1, 0.15) is 10.6 Å². The highest BCUT2D eigenvalue weighted by Gasteiger charge is 2.10. The number of amides is 1. The van der Waals surface area contributed by atoms with Gasteiger partial charge in [0.2, 0.25) is 5.76 Å². The van der Waals surface area contributed by atoms with E-state index in [0.29, 0.717) is 0 Å². The van der Waals surface area contributed by atoms with Crippen molar-refractivity contribution in [2.24, 2.45) is 0 Å². The lowest BCUT2D eigenvalue weighted by atomic mass is 10.4. The Morgan fingerprint density at radius 1 is 1.70 bits per heavy atom. The Balaban J connectivity index is 2.78. The smallest absolute Gasteiger partial charge is 0.291 e. The van der Waals surface area contributed by atoms with Gasteiger partial charge in [-0.25, -0.2) is 0 Å². The fourth-order valence-corrected chi connectivity index (χ4v) is 0.546. The van der Waals surface area contributed by atoms with Gasteiger partial charge in [0.15, 0.2) is 0 Å². The monoisotopic (exact) mass is 140 g/mol. The Hall–Kier alpha value is -1.32. The average molecular weight is 140 g/mol. The Morgan fingerprint density at radius 3 is 2.80 bits per heavy atom. The van der Waals surface area contributed by atoms with Crippen LogP contribution in [0.5, 0.6) is 0 Å². The standard InChI is InChI=1S/C6H8N2O2/c1-8(2)6(9)5-3-4-7-10-5/h3-4H,1-2H3. The lowest BCUT2D eigenvalue weighted by Gasteiger charge is -2.05. The molecule has 0 unspecified atom stereocenters. The largest absolute Gasteiger partial charge is 0.351 e. The SMILES string of the molecule is CN(C)C(=O)c1ccno1. The molecule has 0 N–H and O–H groups in total. The van der Waals surface area contributed by atoms with E-state index in [9.17, 15) is 4.79 Å². The molecule has 4 heteroatoms. The van der Waals surface area contributed by atoms with Gasteiger partial charge in [-0.1, -0.05) is 5.16 Å². The van der Waals surface area contributed by atoms with Crippen LogP contribution in [-0.4, -0.2) is 30.1 Å². The minimum absolute atomic E-state index is 0.169. The second kappa shape index (κ2) is 2.51. The van der Waals surface area contributed by atoms with Crippen molar-refractivity contribution in [3.05, 3.63) is 18.0 Å². The van der Waals surface area contributed by atoms with Gasteiger partial charge < -0.3 is 9.42 Å². The zero-order valence-corrected chi connectivity index (χ0v) is 5.87. The van der Waals surface area contributed by atoms with E-state index in [-0.39, 0.29) is 11.7 Å². The molecule has 0 saturated carbocycles. The van der Waals surface area contributed by atoms with Crippen LogP contribution >= 0.6 is 0 Å². The molecule has 54 valence electrons. The van der Waals surface area contributed by atoms with Gasteiger partial charge in [0.25, 0.3) is 5.91 Å². The lowest BCUT2D eigenvalue weighted by molar-refractivity contribution is 0.0787. The lowest BCUT2D eigenvalue weighted by Crippen LogP contribution is -2.20. The number of rotatable bonds is 1. The third-order valence-corrected chi connectivity index (χ3v) is 1.05. The van der Waals surface area contributed by atoms with Crippen LogP contribution in [0.4, 0.5) is 0 Å². The molecule has 1 aromatic rings. The number of aromatic nitrogens is 1. The Bertz CT molecular complexity index is 216. The molecule has 0 spiro atoms. The fourth-order valence-electron chi connectivity index (χ4n) is 0.546. The molecule has 0 aliphatic heterocycles. The highest BCUT2D eigenvalue weighted by molar-refractivity contribution is 5.90. The Kier molecular flexibility index (Phi) is 1.71. The molecule has 0 radical (unpaired) electrons. The van der Waals surface area contributed by atoms with E-state index in [0.717, 1.165) is 0 Å². The first kappa shape index (κ1) is 6.80. The molecule has 1 heterocycles.